The summed E-state index contributed by atoms with van der Waals surface area (Å²) in [5.74, 6) is -0.193. The molecule has 0 bridgehead atoms. The molecule has 1 heterocycles. The maximum Gasteiger partial charge on any atom is 0.190 e. The van der Waals surface area contributed by atoms with Crippen molar-refractivity contribution < 1.29 is 24.5 Å². The zero-order valence-electron chi connectivity index (χ0n) is 16.2. The Labute approximate surface area is 159 Å². The third kappa shape index (κ3) is 1.73. The zero-order valence-corrected chi connectivity index (χ0v) is 16.2. The van der Waals surface area contributed by atoms with Gasteiger partial charge in [-0.05, 0) is 62.5 Å². The second kappa shape index (κ2) is 5.00. The van der Waals surface area contributed by atoms with E-state index in [1.165, 1.54) is 0 Å². The fourth-order valence-electron chi connectivity index (χ4n) is 7.70. The molecular formula is C22H28O5. The highest BCUT2D eigenvalue weighted by Gasteiger charge is 2.81. The molecule has 0 aromatic carbocycles. The van der Waals surface area contributed by atoms with Crippen LogP contribution in [0.2, 0.25) is 0 Å². The SMILES string of the molecule is C[C@@H]1CC2C3CCC4=CC(=O)C=CC4(C)[C@@]34O[C@@H]4CC2(C)[C@@]1(O)C(=O)CO. The van der Waals surface area contributed by atoms with E-state index in [1.807, 2.05) is 19.9 Å². The van der Waals surface area contributed by atoms with Crippen molar-refractivity contribution in [2.45, 2.75) is 63.8 Å². The maximum atomic E-state index is 12.6. The number of aliphatic hydroxyl groups excluding tert-OH is 1. The lowest BCUT2D eigenvalue weighted by atomic mass is 9.46. The third-order valence-electron chi connectivity index (χ3n) is 9.08. The summed E-state index contributed by atoms with van der Waals surface area (Å²) < 4.78 is 6.43. The molecule has 1 spiro atoms. The van der Waals surface area contributed by atoms with Crippen LogP contribution in [0.5, 0.6) is 0 Å². The smallest absolute Gasteiger partial charge is 0.190 e. The number of rotatable bonds is 2. The van der Waals surface area contributed by atoms with Gasteiger partial charge in [0.05, 0.1) is 6.10 Å². The van der Waals surface area contributed by atoms with Crippen molar-refractivity contribution in [3.63, 3.8) is 0 Å². The van der Waals surface area contributed by atoms with Gasteiger partial charge in [0.2, 0.25) is 0 Å². The number of hydrogen-bond acceptors (Lipinski definition) is 5. The Hall–Kier alpha value is -1.30. The number of carbonyl (C=O) groups is 2. The van der Waals surface area contributed by atoms with E-state index >= 15 is 0 Å². The number of ether oxygens (including phenoxy) is 1. The molecule has 5 aliphatic rings. The van der Waals surface area contributed by atoms with Gasteiger partial charge in [0.15, 0.2) is 11.6 Å². The number of carbonyl (C=O) groups excluding carboxylic acids is 2. The normalized spacial score (nSPS) is 55.1. The van der Waals surface area contributed by atoms with Crippen LogP contribution >= 0.6 is 0 Å². The number of epoxide rings is 1. The van der Waals surface area contributed by atoms with Crippen LogP contribution in [0.4, 0.5) is 0 Å². The van der Waals surface area contributed by atoms with Gasteiger partial charge in [-0.25, -0.2) is 0 Å². The first-order valence-corrected chi connectivity index (χ1v) is 10.1. The summed E-state index contributed by atoms with van der Waals surface area (Å²) in [7, 11) is 0. The first kappa shape index (κ1) is 17.8. The molecule has 4 unspecified atom stereocenters. The summed E-state index contributed by atoms with van der Waals surface area (Å²) in [5.41, 5.74) is -1.55. The van der Waals surface area contributed by atoms with Crippen molar-refractivity contribution in [1.82, 2.24) is 0 Å². The predicted octanol–water partition coefficient (Wildman–Crippen LogP) is 1.96. The molecule has 8 atom stereocenters. The fourth-order valence-corrected chi connectivity index (χ4v) is 7.70. The van der Waals surface area contributed by atoms with E-state index in [0.717, 1.165) is 24.8 Å². The minimum Gasteiger partial charge on any atom is -0.388 e. The van der Waals surface area contributed by atoms with Crippen molar-refractivity contribution >= 4 is 11.6 Å². The van der Waals surface area contributed by atoms with Gasteiger partial charge in [-0.3, -0.25) is 9.59 Å². The number of Topliss-reactive ketones (excluding diaryl/α,β-unsaturated/α-hetero) is 1. The van der Waals surface area contributed by atoms with Gasteiger partial charge in [-0.15, -0.1) is 0 Å². The molecule has 4 fully saturated rings. The summed E-state index contributed by atoms with van der Waals surface area (Å²) in [6.07, 6.45) is 8.58. The molecule has 2 N–H and O–H groups in total. The van der Waals surface area contributed by atoms with Gasteiger partial charge in [0.25, 0.3) is 0 Å². The van der Waals surface area contributed by atoms with Gasteiger partial charge in [0, 0.05) is 10.8 Å². The monoisotopic (exact) mass is 372 g/mol. The van der Waals surface area contributed by atoms with E-state index in [9.17, 15) is 19.8 Å². The molecule has 0 radical (unpaired) electrons. The Morgan fingerprint density at radius 1 is 1.33 bits per heavy atom. The molecule has 0 aromatic rings. The molecule has 0 aromatic heterocycles. The van der Waals surface area contributed by atoms with E-state index in [-0.39, 0.29) is 40.7 Å². The molecule has 5 nitrogen and oxygen atoms in total. The first-order valence-electron chi connectivity index (χ1n) is 10.1. The van der Waals surface area contributed by atoms with E-state index in [0.29, 0.717) is 6.42 Å². The van der Waals surface area contributed by atoms with E-state index in [4.69, 9.17) is 4.74 Å². The quantitative estimate of drug-likeness (QED) is 0.724. The molecule has 4 aliphatic carbocycles. The second-order valence-electron chi connectivity index (χ2n) is 9.86. The maximum absolute atomic E-state index is 12.6. The van der Waals surface area contributed by atoms with Crippen molar-refractivity contribution in [1.29, 1.82) is 0 Å². The van der Waals surface area contributed by atoms with Gasteiger partial charge in [-0.1, -0.05) is 25.5 Å². The highest BCUT2D eigenvalue weighted by Crippen LogP contribution is 2.76. The number of aliphatic hydroxyl groups is 2. The summed E-state index contributed by atoms with van der Waals surface area (Å²) >= 11 is 0. The largest absolute Gasteiger partial charge is 0.388 e. The highest BCUT2D eigenvalue weighted by molar-refractivity contribution is 6.01. The zero-order chi connectivity index (χ0) is 19.4. The van der Waals surface area contributed by atoms with E-state index in [2.05, 4.69) is 6.92 Å². The summed E-state index contributed by atoms with van der Waals surface area (Å²) in [5, 5.41) is 21.0. The molecule has 27 heavy (non-hydrogen) atoms. The van der Waals surface area contributed by atoms with Crippen molar-refractivity contribution in [2.75, 3.05) is 6.61 Å². The minimum absolute atomic E-state index is 0.0291. The average Bonchev–Trinajstić information content (AvgIpc) is 3.31. The van der Waals surface area contributed by atoms with E-state index < -0.39 is 23.4 Å². The predicted molar refractivity (Wildman–Crippen MR) is 97.7 cm³/mol. The molecule has 1 aliphatic heterocycles. The lowest BCUT2D eigenvalue weighted by Gasteiger charge is -2.55. The van der Waals surface area contributed by atoms with Crippen LogP contribution in [0.1, 0.15) is 46.5 Å². The average molecular weight is 372 g/mol. The molecule has 5 heteroatoms. The number of ketones is 2. The summed E-state index contributed by atoms with van der Waals surface area (Å²) in [6, 6.07) is 0. The minimum atomic E-state index is -1.50. The van der Waals surface area contributed by atoms with Crippen molar-refractivity contribution in [2.24, 2.45) is 28.6 Å². The molecule has 1 saturated heterocycles. The van der Waals surface area contributed by atoms with Crippen LogP contribution in [-0.2, 0) is 14.3 Å². The van der Waals surface area contributed by atoms with Gasteiger partial charge in [-0.2, -0.15) is 0 Å². The highest BCUT2D eigenvalue weighted by atomic mass is 16.6. The third-order valence-corrected chi connectivity index (χ3v) is 9.08. The van der Waals surface area contributed by atoms with Gasteiger partial charge in [0.1, 0.15) is 17.8 Å². The first-order chi connectivity index (χ1) is 12.6. The molecule has 3 saturated carbocycles. The van der Waals surface area contributed by atoms with Crippen molar-refractivity contribution in [3.05, 3.63) is 23.8 Å². The molecular weight excluding hydrogens is 344 g/mol. The molecule has 5 rings (SSSR count). The Kier molecular flexibility index (Phi) is 3.29. The van der Waals surface area contributed by atoms with Gasteiger partial charge >= 0.3 is 0 Å². The Morgan fingerprint density at radius 3 is 2.78 bits per heavy atom. The summed E-state index contributed by atoms with van der Waals surface area (Å²) in [4.78, 5) is 24.5. The van der Waals surface area contributed by atoms with Crippen LogP contribution in [0.25, 0.3) is 0 Å². The molecule has 146 valence electrons. The molecule has 0 amide bonds. The number of allylic oxidation sites excluding steroid dienone is 2. The topological polar surface area (TPSA) is 87.1 Å². The summed E-state index contributed by atoms with van der Waals surface area (Å²) in [6.45, 7) is 5.51. The second-order valence-corrected chi connectivity index (χ2v) is 9.86. The fraction of sp³-hybridized carbons (Fsp3) is 0.727. The Morgan fingerprint density at radius 2 is 2.07 bits per heavy atom. The van der Waals surface area contributed by atoms with Crippen LogP contribution < -0.4 is 0 Å². The lowest BCUT2D eigenvalue weighted by Crippen LogP contribution is -2.62. The number of hydrogen-bond donors (Lipinski definition) is 2. The van der Waals surface area contributed by atoms with Crippen LogP contribution in [0.3, 0.4) is 0 Å². The van der Waals surface area contributed by atoms with Crippen molar-refractivity contribution in [3.8, 4) is 0 Å². The Balaban J connectivity index is 1.60. The van der Waals surface area contributed by atoms with Crippen LogP contribution in [0.15, 0.2) is 23.8 Å². The standard InChI is InChI=1S/C22H28O5/c1-12-8-16-15-5-4-13-9-14(24)6-7-19(13,2)22(15)18(27-22)10-20(16,3)21(12,26)17(25)11-23/h6-7,9,12,15-16,18,23,26H,4-5,8,10-11H2,1-3H3/t12-,15?,16?,18-,19?,20?,21+,22-/m1/s1. The lowest BCUT2D eigenvalue weighted by molar-refractivity contribution is -0.165. The van der Waals surface area contributed by atoms with Crippen LogP contribution in [-0.4, -0.2) is 45.7 Å². The van der Waals surface area contributed by atoms with E-state index in [1.54, 1.807) is 12.2 Å². The van der Waals surface area contributed by atoms with Crippen LogP contribution in [0, 0.1) is 28.6 Å². The Bertz CT molecular complexity index is 814. The van der Waals surface area contributed by atoms with Gasteiger partial charge < -0.3 is 14.9 Å². The number of fused-ring (bicyclic) bond motifs is 3.